The van der Waals surface area contributed by atoms with E-state index in [4.69, 9.17) is 5.11 Å². The first kappa shape index (κ1) is 30.1. The molecule has 0 unspecified atom stereocenters. The van der Waals surface area contributed by atoms with Crippen molar-refractivity contribution >= 4 is 23.6 Å². The summed E-state index contributed by atoms with van der Waals surface area (Å²) in [6.45, 7) is 0.439. The van der Waals surface area contributed by atoms with Crippen LogP contribution in [0, 0.1) is 17.7 Å². The quantitative estimate of drug-likeness (QED) is 0.325. The Kier molecular flexibility index (Phi) is 11.3. The van der Waals surface area contributed by atoms with Gasteiger partial charge in [-0.3, -0.25) is 9.59 Å². The Labute approximate surface area is 231 Å². The van der Waals surface area contributed by atoms with Gasteiger partial charge in [-0.25, -0.2) is 9.18 Å². The SMILES string of the molecule is C.O=C(O)CCNC(=O)c1ccc(CN(C(=O)Nc2cccc(F)c2)C2CCC(C3CCCCC3)CC2)cc1. The molecule has 0 spiro atoms. The Hall–Kier alpha value is -3.42. The summed E-state index contributed by atoms with van der Waals surface area (Å²) >= 11 is 0. The summed E-state index contributed by atoms with van der Waals surface area (Å²) in [5.41, 5.74) is 1.74. The van der Waals surface area contributed by atoms with Crippen molar-refractivity contribution in [1.29, 1.82) is 0 Å². The lowest BCUT2D eigenvalue weighted by Gasteiger charge is -2.40. The number of amides is 3. The molecule has 212 valence electrons. The molecule has 2 aromatic rings. The van der Waals surface area contributed by atoms with E-state index in [1.54, 1.807) is 24.3 Å². The van der Waals surface area contributed by atoms with Gasteiger partial charge in [0.05, 0.1) is 6.42 Å². The number of carbonyl (C=O) groups excluding carboxylic acids is 2. The first-order valence-electron chi connectivity index (χ1n) is 13.8. The lowest BCUT2D eigenvalue weighted by Crippen LogP contribution is -2.44. The van der Waals surface area contributed by atoms with Gasteiger partial charge in [0.2, 0.25) is 0 Å². The van der Waals surface area contributed by atoms with E-state index in [0.29, 0.717) is 17.8 Å². The van der Waals surface area contributed by atoms with Gasteiger partial charge in [-0.2, -0.15) is 0 Å². The van der Waals surface area contributed by atoms with Gasteiger partial charge >= 0.3 is 12.0 Å². The minimum atomic E-state index is -0.968. The molecule has 0 saturated heterocycles. The van der Waals surface area contributed by atoms with Crippen LogP contribution in [-0.2, 0) is 11.3 Å². The van der Waals surface area contributed by atoms with E-state index < -0.39 is 11.8 Å². The number of benzene rings is 2. The molecule has 2 aliphatic carbocycles. The van der Waals surface area contributed by atoms with Gasteiger partial charge in [-0.15, -0.1) is 0 Å². The first-order valence-corrected chi connectivity index (χ1v) is 13.8. The largest absolute Gasteiger partial charge is 0.481 e. The monoisotopic (exact) mass is 539 g/mol. The van der Waals surface area contributed by atoms with Gasteiger partial charge in [-0.05, 0) is 73.4 Å². The third-order valence-corrected chi connectivity index (χ3v) is 8.03. The summed E-state index contributed by atoms with van der Waals surface area (Å²) in [5, 5.41) is 14.2. The second-order valence-corrected chi connectivity index (χ2v) is 10.6. The van der Waals surface area contributed by atoms with E-state index in [0.717, 1.165) is 43.1 Å². The maximum Gasteiger partial charge on any atom is 0.322 e. The number of carboxylic acids is 1. The molecule has 39 heavy (non-hydrogen) atoms. The van der Waals surface area contributed by atoms with Gasteiger partial charge in [-0.1, -0.05) is 57.7 Å². The minimum absolute atomic E-state index is 0. The van der Waals surface area contributed by atoms with Gasteiger partial charge in [0.25, 0.3) is 5.91 Å². The zero-order chi connectivity index (χ0) is 26.9. The molecular formula is C31H42FN3O4. The van der Waals surface area contributed by atoms with Gasteiger partial charge in [0.1, 0.15) is 5.82 Å². The molecule has 2 aromatic carbocycles. The fourth-order valence-corrected chi connectivity index (χ4v) is 5.96. The molecule has 3 amide bonds. The average Bonchev–Trinajstić information content (AvgIpc) is 2.92. The normalized spacial score (nSPS) is 19.4. The molecule has 0 bridgehead atoms. The van der Waals surface area contributed by atoms with E-state index in [1.807, 2.05) is 17.0 Å². The molecule has 3 N–H and O–H groups in total. The van der Waals surface area contributed by atoms with Crippen molar-refractivity contribution in [3.8, 4) is 0 Å². The maximum atomic E-state index is 13.7. The highest BCUT2D eigenvalue weighted by Gasteiger charge is 2.33. The second kappa shape index (κ2) is 14.7. The van der Waals surface area contributed by atoms with Crippen LogP contribution in [0.3, 0.4) is 0 Å². The van der Waals surface area contributed by atoms with Gasteiger partial charge in [0.15, 0.2) is 0 Å². The molecular weight excluding hydrogens is 497 g/mol. The highest BCUT2D eigenvalue weighted by atomic mass is 19.1. The van der Waals surface area contributed by atoms with Gasteiger partial charge < -0.3 is 20.6 Å². The summed E-state index contributed by atoms with van der Waals surface area (Å²) < 4.78 is 13.7. The Morgan fingerprint density at radius 2 is 1.56 bits per heavy atom. The lowest BCUT2D eigenvalue weighted by molar-refractivity contribution is -0.136. The molecule has 2 aliphatic rings. The Morgan fingerprint density at radius 1 is 0.897 bits per heavy atom. The first-order chi connectivity index (χ1) is 18.4. The molecule has 4 rings (SSSR count). The number of urea groups is 1. The number of halogens is 1. The highest BCUT2D eigenvalue weighted by molar-refractivity contribution is 5.94. The fourth-order valence-electron chi connectivity index (χ4n) is 5.96. The predicted octanol–water partition coefficient (Wildman–Crippen LogP) is 6.84. The standard InChI is InChI=1S/C30H38FN3O4.CH4/c31-25-7-4-8-26(19-25)33-30(38)34(27-15-13-23(14-16-27)22-5-2-1-3-6-22)20-21-9-11-24(12-10-21)29(37)32-18-17-28(35)36;/h4,7-12,19,22-23,27H,1-3,5-6,13-18,20H2,(H,32,37)(H,33,38)(H,35,36);1H4. The number of hydrogen-bond donors (Lipinski definition) is 3. The Morgan fingerprint density at radius 3 is 2.21 bits per heavy atom. The maximum absolute atomic E-state index is 13.7. The molecule has 2 saturated carbocycles. The summed E-state index contributed by atoms with van der Waals surface area (Å²) in [5.74, 6) is -0.156. The summed E-state index contributed by atoms with van der Waals surface area (Å²) in [6.07, 6.45) is 10.7. The van der Waals surface area contributed by atoms with Crippen LogP contribution in [0.4, 0.5) is 14.9 Å². The fraction of sp³-hybridized carbons (Fsp3) is 0.516. The molecule has 2 fully saturated rings. The number of nitrogens with one attached hydrogen (secondary N) is 2. The minimum Gasteiger partial charge on any atom is -0.481 e. The van der Waals surface area contributed by atoms with Crippen LogP contribution in [0.5, 0.6) is 0 Å². The van der Waals surface area contributed by atoms with Crippen LogP contribution in [0.15, 0.2) is 48.5 Å². The van der Waals surface area contributed by atoms with E-state index in [1.165, 1.54) is 44.2 Å². The topological polar surface area (TPSA) is 98.7 Å². The zero-order valence-electron chi connectivity index (χ0n) is 21.8. The number of hydrogen-bond acceptors (Lipinski definition) is 3. The zero-order valence-corrected chi connectivity index (χ0v) is 21.8. The van der Waals surface area contributed by atoms with E-state index in [-0.39, 0.29) is 38.4 Å². The third kappa shape index (κ3) is 8.80. The van der Waals surface area contributed by atoms with Crippen LogP contribution in [-0.4, -0.2) is 40.5 Å². The third-order valence-electron chi connectivity index (χ3n) is 8.03. The lowest BCUT2D eigenvalue weighted by atomic mass is 9.72. The van der Waals surface area contributed by atoms with E-state index in [2.05, 4.69) is 10.6 Å². The van der Waals surface area contributed by atoms with Crippen molar-refractivity contribution in [3.05, 3.63) is 65.5 Å². The van der Waals surface area contributed by atoms with Crippen molar-refractivity contribution in [2.45, 2.75) is 84.2 Å². The number of aliphatic carboxylic acids is 1. The van der Waals surface area contributed by atoms with Crippen LogP contribution >= 0.6 is 0 Å². The van der Waals surface area contributed by atoms with Crippen LogP contribution in [0.1, 0.15) is 87.6 Å². The number of carbonyl (C=O) groups is 3. The van der Waals surface area contributed by atoms with Crippen molar-refractivity contribution < 1.29 is 23.9 Å². The van der Waals surface area contributed by atoms with Crippen LogP contribution < -0.4 is 10.6 Å². The van der Waals surface area contributed by atoms with Crippen LogP contribution in [0.2, 0.25) is 0 Å². The molecule has 0 atom stereocenters. The predicted molar refractivity (Wildman–Crippen MR) is 151 cm³/mol. The number of anilines is 1. The smallest absolute Gasteiger partial charge is 0.322 e. The molecule has 0 heterocycles. The summed E-state index contributed by atoms with van der Waals surface area (Å²) in [6, 6.07) is 12.8. The molecule has 0 radical (unpaired) electrons. The van der Waals surface area contributed by atoms with E-state index in [9.17, 15) is 18.8 Å². The Balaban J connectivity index is 0.00000420. The van der Waals surface area contributed by atoms with Crippen molar-refractivity contribution in [3.63, 3.8) is 0 Å². The molecule has 8 heteroatoms. The van der Waals surface area contributed by atoms with E-state index >= 15 is 0 Å². The highest BCUT2D eigenvalue weighted by Crippen LogP contribution is 2.39. The molecule has 7 nitrogen and oxygen atoms in total. The van der Waals surface area contributed by atoms with Crippen LogP contribution in [0.25, 0.3) is 0 Å². The van der Waals surface area contributed by atoms with Crippen molar-refractivity contribution in [2.75, 3.05) is 11.9 Å². The van der Waals surface area contributed by atoms with Crippen molar-refractivity contribution in [1.82, 2.24) is 10.2 Å². The summed E-state index contributed by atoms with van der Waals surface area (Å²) in [4.78, 5) is 38.3. The molecule has 0 aliphatic heterocycles. The summed E-state index contributed by atoms with van der Waals surface area (Å²) in [7, 11) is 0. The number of nitrogens with zero attached hydrogens (tertiary/aromatic N) is 1. The number of carboxylic acid groups (broad SMARTS) is 1. The Bertz CT molecular complexity index is 1090. The van der Waals surface area contributed by atoms with Gasteiger partial charge in [0, 0.05) is 30.4 Å². The van der Waals surface area contributed by atoms with Crippen molar-refractivity contribution in [2.24, 2.45) is 11.8 Å². The number of rotatable bonds is 9. The average molecular weight is 540 g/mol. The second-order valence-electron chi connectivity index (χ2n) is 10.6. The molecule has 0 aromatic heterocycles.